The van der Waals surface area contributed by atoms with Crippen molar-refractivity contribution >= 4 is 11.8 Å². The molecule has 2 fully saturated rings. The lowest BCUT2D eigenvalue weighted by Crippen LogP contribution is -2.40. The molecule has 1 saturated heterocycles. The summed E-state index contributed by atoms with van der Waals surface area (Å²) in [6.45, 7) is 2.56. The van der Waals surface area contributed by atoms with Gasteiger partial charge in [0.1, 0.15) is 5.75 Å². The number of aromatic hydroxyl groups is 1. The molecule has 0 aromatic heterocycles. The molecule has 1 heterocycles. The van der Waals surface area contributed by atoms with Gasteiger partial charge in [0, 0.05) is 37.7 Å². The minimum atomic E-state index is -0.0714. The Hall–Kier alpha value is -2.04. The highest BCUT2D eigenvalue weighted by Gasteiger charge is 2.28. The summed E-state index contributed by atoms with van der Waals surface area (Å²) in [6.07, 6.45) is 6.40. The normalized spacial score (nSPS) is 19.8. The summed E-state index contributed by atoms with van der Waals surface area (Å²) >= 11 is 0. The van der Waals surface area contributed by atoms with E-state index in [1.807, 2.05) is 4.90 Å². The molecule has 1 aromatic rings. The van der Waals surface area contributed by atoms with Gasteiger partial charge in [0.2, 0.25) is 5.91 Å². The highest BCUT2D eigenvalue weighted by atomic mass is 16.3. The average molecular weight is 330 g/mol. The minimum Gasteiger partial charge on any atom is -0.508 e. The van der Waals surface area contributed by atoms with Gasteiger partial charge in [-0.05, 0) is 37.5 Å². The van der Waals surface area contributed by atoms with E-state index in [0.29, 0.717) is 25.2 Å². The third kappa shape index (κ3) is 3.89. The Morgan fingerprint density at radius 1 is 0.917 bits per heavy atom. The van der Waals surface area contributed by atoms with Crippen molar-refractivity contribution in [1.82, 2.24) is 9.80 Å². The van der Waals surface area contributed by atoms with Gasteiger partial charge in [-0.25, -0.2) is 0 Å². The van der Waals surface area contributed by atoms with Crippen molar-refractivity contribution in [2.75, 3.05) is 26.2 Å². The van der Waals surface area contributed by atoms with Crippen molar-refractivity contribution in [2.45, 2.75) is 38.5 Å². The maximum Gasteiger partial charge on any atom is 0.254 e. The molecule has 5 nitrogen and oxygen atoms in total. The number of amides is 2. The van der Waals surface area contributed by atoms with E-state index in [2.05, 4.69) is 0 Å². The van der Waals surface area contributed by atoms with Gasteiger partial charge in [-0.15, -0.1) is 0 Å². The summed E-state index contributed by atoms with van der Waals surface area (Å²) in [6, 6.07) is 6.46. The van der Waals surface area contributed by atoms with Gasteiger partial charge >= 0.3 is 0 Å². The summed E-state index contributed by atoms with van der Waals surface area (Å²) in [5.74, 6) is 0.496. The average Bonchev–Trinajstić information content (AvgIpc) is 2.87. The number of phenols is 1. The number of nitrogens with zero attached hydrogens (tertiary/aromatic N) is 2. The van der Waals surface area contributed by atoms with E-state index >= 15 is 0 Å². The molecule has 2 aliphatic rings. The maximum absolute atomic E-state index is 12.7. The Morgan fingerprint density at radius 2 is 1.62 bits per heavy atom. The summed E-state index contributed by atoms with van der Waals surface area (Å²) in [7, 11) is 0. The SMILES string of the molecule is O=C(c1cccc(O)c1)N1CCCN(C(=O)C2CCCCC2)CC1. The molecule has 0 spiro atoms. The third-order valence-electron chi connectivity index (χ3n) is 5.14. The number of phenolic OH excluding ortho intramolecular Hbond substituents is 1. The van der Waals surface area contributed by atoms with Crippen LogP contribution in [0.15, 0.2) is 24.3 Å². The summed E-state index contributed by atoms with van der Waals surface area (Å²) in [5.41, 5.74) is 0.502. The Bertz CT molecular complexity index is 596. The van der Waals surface area contributed by atoms with Crippen LogP contribution in [0.3, 0.4) is 0 Å². The van der Waals surface area contributed by atoms with Crippen LogP contribution >= 0.6 is 0 Å². The highest BCUT2D eigenvalue weighted by Crippen LogP contribution is 2.26. The van der Waals surface area contributed by atoms with Gasteiger partial charge in [-0.2, -0.15) is 0 Å². The molecule has 0 atom stereocenters. The molecule has 24 heavy (non-hydrogen) atoms. The largest absolute Gasteiger partial charge is 0.508 e. The van der Waals surface area contributed by atoms with Crippen LogP contribution < -0.4 is 0 Å². The quantitative estimate of drug-likeness (QED) is 0.907. The predicted octanol–water partition coefficient (Wildman–Crippen LogP) is 2.65. The zero-order chi connectivity index (χ0) is 16.9. The number of benzene rings is 1. The molecule has 2 amide bonds. The monoisotopic (exact) mass is 330 g/mol. The van der Waals surface area contributed by atoms with Crippen molar-refractivity contribution < 1.29 is 14.7 Å². The lowest BCUT2D eigenvalue weighted by atomic mass is 9.88. The molecule has 3 rings (SSSR count). The van der Waals surface area contributed by atoms with Crippen molar-refractivity contribution in [1.29, 1.82) is 0 Å². The van der Waals surface area contributed by atoms with Crippen LogP contribution in [-0.2, 0) is 4.79 Å². The molecule has 1 saturated carbocycles. The molecule has 130 valence electrons. The molecule has 0 unspecified atom stereocenters. The fourth-order valence-electron chi connectivity index (χ4n) is 3.77. The Balaban J connectivity index is 1.60. The fourth-order valence-corrected chi connectivity index (χ4v) is 3.77. The second-order valence-electron chi connectivity index (χ2n) is 6.86. The standard InChI is InChI=1S/C19H26N2O3/c22-17-9-4-8-16(14-17)19(24)21-11-5-10-20(12-13-21)18(23)15-6-2-1-3-7-15/h4,8-9,14-15,22H,1-3,5-7,10-13H2. The summed E-state index contributed by atoms with van der Waals surface area (Å²) in [5, 5.41) is 9.55. The van der Waals surface area contributed by atoms with Gasteiger partial charge in [-0.1, -0.05) is 25.3 Å². The third-order valence-corrected chi connectivity index (χ3v) is 5.14. The van der Waals surface area contributed by atoms with Crippen molar-refractivity contribution in [3.05, 3.63) is 29.8 Å². The Kier molecular flexibility index (Phi) is 5.38. The van der Waals surface area contributed by atoms with E-state index in [1.54, 1.807) is 23.1 Å². The van der Waals surface area contributed by atoms with Crippen LogP contribution in [0.2, 0.25) is 0 Å². The lowest BCUT2D eigenvalue weighted by Gasteiger charge is -2.28. The Morgan fingerprint density at radius 3 is 2.38 bits per heavy atom. The number of rotatable bonds is 2. The maximum atomic E-state index is 12.7. The second kappa shape index (κ2) is 7.69. The first-order valence-corrected chi connectivity index (χ1v) is 9.02. The van der Waals surface area contributed by atoms with Gasteiger partial charge < -0.3 is 14.9 Å². The smallest absolute Gasteiger partial charge is 0.254 e. The number of carbonyl (C=O) groups excluding carboxylic acids is 2. The zero-order valence-electron chi connectivity index (χ0n) is 14.1. The minimum absolute atomic E-state index is 0.0714. The predicted molar refractivity (Wildman–Crippen MR) is 91.8 cm³/mol. The summed E-state index contributed by atoms with van der Waals surface area (Å²) < 4.78 is 0. The topological polar surface area (TPSA) is 60.9 Å². The van der Waals surface area contributed by atoms with Crippen molar-refractivity contribution in [2.24, 2.45) is 5.92 Å². The first-order valence-electron chi connectivity index (χ1n) is 9.02. The highest BCUT2D eigenvalue weighted by molar-refractivity contribution is 5.94. The lowest BCUT2D eigenvalue weighted by molar-refractivity contribution is -0.136. The van der Waals surface area contributed by atoms with Crippen LogP contribution in [0.1, 0.15) is 48.9 Å². The zero-order valence-corrected chi connectivity index (χ0v) is 14.1. The van der Waals surface area contributed by atoms with Crippen LogP contribution in [-0.4, -0.2) is 52.9 Å². The first kappa shape index (κ1) is 16.8. The van der Waals surface area contributed by atoms with Gasteiger partial charge in [0.15, 0.2) is 0 Å². The summed E-state index contributed by atoms with van der Waals surface area (Å²) in [4.78, 5) is 29.0. The molecular formula is C19H26N2O3. The van der Waals surface area contributed by atoms with Gasteiger partial charge in [0.05, 0.1) is 0 Å². The molecule has 5 heteroatoms. The molecular weight excluding hydrogens is 304 g/mol. The molecule has 1 N–H and O–H groups in total. The van der Waals surface area contributed by atoms with Crippen molar-refractivity contribution in [3.63, 3.8) is 0 Å². The molecule has 0 bridgehead atoms. The van der Waals surface area contributed by atoms with E-state index in [1.165, 1.54) is 12.5 Å². The van der Waals surface area contributed by atoms with Crippen LogP contribution in [0.5, 0.6) is 5.75 Å². The second-order valence-corrected chi connectivity index (χ2v) is 6.86. The van der Waals surface area contributed by atoms with Gasteiger partial charge in [0.25, 0.3) is 5.91 Å². The first-order chi connectivity index (χ1) is 11.6. The van der Waals surface area contributed by atoms with E-state index in [9.17, 15) is 14.7 Å². The van der Waals surface area contributed by atoms with E-state index in [4.69, 9.17) is 0 Å². The van der Waals surface area contributed by atoms with Crippen molar-refractivity contribution in [3.8, 4) is 5.75 Å². The van der Waals surface area contributed by atoms with Crippen LogP contribution in [0.25, 0.3) is 0 Å². The Labute approximate surface area is 143 Å². The van der Waals surface area contributed by atoms with E-state index < -0.39 is 0 Å². The fraction of sp³-hybridized carbons (Fsp3) is 0.579. The number of carbonyl (C=O) groups is 2. The van der Waals surface area contributed by atoms with Crippen LogP contribution in [0.4, 0.5) is 0 Å². The van der Waals surface area contributed by atoms with Crippen LogP contribution in [0, 0.1) is 5.92 Å². The number of hydrogen-bond acceptors (Lipinski definition) is 3. The molecule has 0 radical (unpaired) electrons. The number of hydrogen-bond donors (Lipinski definition) is 1. The molecule has 1 aromatic carbocycles. The van der Waals surface area contributed by atoms with Gasteiger partial charge in [-0.3, -0.25) is 9.59 Å². The molecule has 1 aliphatic heterocycles. The molecule has 1 aliphatic carbocycles. The van der Waals surface area contributed by atoms with E-state index in [0.717, 1.165) is 38.6 Å². The van der Waals surface area contributed by atoms with E-state index in [-0.39, 0.29) is 23.5 Å².